The Bertz CT molecular complexity index is 941. The van der Waals surface area contributed by atoms with Crippen LogP contribution in [0, 0.1) is 0 Å². The zero-order valence-electron chi connectivity index (χ0n) is 14.4. The van der Waals surface area contributed by atoms with Crippen molar-refractivity contribution in [2.24, 2.45) is 0 Å². The maximum Gasteiger partial charge on any atom is 0.423 e. The van der Waals surface area contributed by atoms with E-state index in [2.05, 4.69) is 15.9 Å². The number of rotatable bonds is 5. The smallest absolute Gasteiger partial charge is 0.423 e. The third-order valence-electron chi connectivity index (χ3n) is 4.50. The summed E-state index contributed by atoms with van der Waals surface area (Å²) in [6.45, 7) is 0.272. The number of allylic oxidation sites excluding steroid dienone is 1. The van der Waals surface area contributed by atoms with Crippen LogP contribution in [-0.4, -0.2) is 23.2 Å². The van der Waals surface area contributed by atoms with Gasteiger partial charge in [-0.15, -0.1) is 0 Å². The second-order valence-electron chi connectivity index (χ2n) is 6.32. The molecule has 4 nitrogen and oxygen atoms in total. The minimum atomic E-state index is -4.99. The van der Waals surface area contributed by atoms with E-state index in [0.29, 0.717) is 17.3 Å². The number of carboxylic acid groups (broad SMARTS) is 1. The van der Waals surface area contributed by atoms with E-state index in [4.69, 9.17) is 5.11 Å². The number of carbonyl (C=O) groups is 2. The highest BCUT2D eigenvalue weighted by atomic mass is 79.9. The first-order valence-corrected chi connectivity index (χ1v) is 9.13. The van der Waals surface area contributed by atoms with Gasteiger partial charge >= 0.3 is 12.1 Å². The number of amides is 1. The first-order chi connectivity index (χ1) is 13.2. The lowest BCUT2D eigenvalue weighted by Crippen LogP contribution is -2.28. The molecule has 0 saturated carbocycles. The summed E-state index contributed by atoms with van der Waals surface area (Å²) >= 11 is 3.35. The molecule has 2 aromatic rings. The third-order valence-corrected chi connectivity index (χ3v) is 4.99. The van der Waals surface area contributed by atoms with E-state index in [1.54, 1.807) is 18.2 Å². The molecule has 1 aliphatic heterocycles. The van der Waals surface area contributed by atoms with E-state index >= 15 is 0 Å². The van der Waals surface area contributed by atoms with Crippen molar-refractivity contribution in [2.45, 2.75) is 25.1 Å². The molecule has 8 heteroatoms. The molecule has 28 heavy (non-hydrogen) atoms. The standard InChI is InChI=1S/C20H15BrF3NO3/c21-13-6-7-14-15(8-9-16(19(27)28)20(22,23)24)18(26)25(17(14)10-13)11-12-4-2-1-3-5-12/h1-7,9-10,15H,8,11H2,(H,27,28)/b16-9-. The number of alkyl halides is 3. The van der Waals surface area contributed by atoms with Crippen molar-refractivity contribution in [3.05, 3.63) is 75.8 Å². The van der Waals surface area contributed by atoms with Crippen LogP contribution in [0.5, 0.6) is 0 Å². The van der Waals surface area contributed by atoms with E-state index in [1.807, 2.05) is 30.3 Å². The number of benzene rings is 2. The minimum absolute atomic E-state index is 0.272. The summed E-state index contributed by atoms with van der Waals surface area (Å²) in [6, 6.07) is 14.3. The topological polar surface area (TPSA) is 57.6 Å². The molecular formula is C20H15BrF3NO3. The Balaban J connectivity index is 1.95. The summed E-state index contributed by atoms with van der Waals surface area (Å²) in [5.41, 5.74) is 0.387. The predicted molar refractivity (Wildman–Crippen MR) is 101 cm³/mol. The van der Waals surface area contributed by atoms with Crippen molar-refractivity contribution in [1.29, 1.82) is 0 Å². The van der Waals surface area contributed by atoms with E-state index in [1.165, 1.54) is 4.90 Å². The Morgan fingerprint density at radius 1 is 1.18 bits per heavy atom. The number of nitrogens with zero attached hydrogens (tertiary/aromatic N) is 1. The van der Waals surface area contributed by atoms with Gasteiger partial charge in [-0.3, -0.25) is 4.79 Å². The lowest BCUT2D eigenvalue weighted by molar-refractivity contribution is -0.145. The van der Waals surface area contributed by atoms with Gasteiger partial charge in [0.2, 0.25) is 5.91 Å². The number of carbonyl (C=O) groups excluding carboxylic acids is 1. The van der Waals surface area contributed by atoms with Crippen LogP contribution in [0.15, 0.2) is 64.7 Å². The zero-order chi connectivity index (χ0) is 20.5. The van der Waals surface area contributed by atoms with Crippen LogP contribution >= 0.6 is 15.9 Å². The van der Waals surface area contributed by atoms with Gasteiger partial charge in [0.15, 0.2) is 0 Å². The second kappa shape index (κ2) is 7.79. The Hall–Kier alpha value is -2.61. The number of aliphatic carboxylic acids is 1. The highest BCUT2D eigenvalue weighted by Crippen LogP contribution is 2.42. The average Bonchev–Trinajstić information content (AvgIpc) is 2.86. The summed E-state index contributed by atoms with van der Waals surface area (Å²) in [5, 5.41) is 8.84. The molecular weight excluding hydrogens is 439 g/mol. The summed E-state index contributed by atoms with van der Waals surface area (Å²) in [5.74, 6) is -3.29. The van der Waals surface area contributed by atoms with Crippen LogP contribution in [0.1, 0.15) is 23.5 Å². The molecule has 0 fully saturated rings. The van der Waals surface area contributed by atoms with Gasteiger partial charge in [0.1, 0.15) is 5.57 Å². The molecule has 0 aliphatic carbocycles. The lowest BCUT2D eigenvalue weighted by atomic mass is 9.96. The first-order valence-electron chi connectivity index (χ1n) is 8.34. The van der Waals surface area contributed by atoms with Gasteiger partial charge in [0.05, 0.1) is 12.5 Å². The van der Waals surface area contributed by atoms with Crippen LogP contribution in [0.25, 0.3) is 0 Å². The second-order valence-corrected chi connectivity index (χ2v) is 7.24. The number of hydrogen-bond acceptors (Lipinski definition) is 2. The molecule has 0 aromatic heterocycles. The fourth-order valence-electron chi connectivity index (χ4n) is 3.20. The number of hydrogen-bond donors (Lipinski definition) is 1. The normalized spacial score (nSPS) is 17.0. The quantitative estimate of drug-likeness (QED) is 0.644. The Labute approximate surface area is 167 Å². The number of halogens is 4. The molecule has 0 bridgehead atoms. The van der Waals surface area contributed by atoms with Gasteiger partial charge in [0, 0.05) is 10.2 Å². The minimum Gasteiger partial charge on any atom is -0.478 e. The number of anilines is 1. The summed E-state index contributed by atoms with van der Waals surface area (Å²) in [6.07, 6.45) is -4.75. The Morgan fingerprint density at radius 3 is 2.46 bits per heavy atom. The highest BCUT2D eigenvalue weighted by Gasteiger charge is 2.41. The monoisotopic (exact) mass is 453 g/mol. The summed E-state index contributed by atoms with van der Waals surface area (Å²) in [4.78, 5) is 25.4. The van der Waals surface area contributed by atoms with E-state index in [-0.39, 0.29) is 18.9 Å². The number of fused-ring (bicyclic) bond motifs is 1. The molecule has 1 aliphatic rings. The molecule has 0 saturated heterocycles. The Morgan fingerprint density at radius 2 is 1.86 bits per heavy atom. The largest absolute Gasteiger partial charge is 0.478 e. The lowest BCUT2D eigenvalue weighted by Gasteiger charge is -2.18. The van der Waals surface area contributed by atoms with Gasteiger partial charge < -0.3 is 10.0 Å². The van der Waals surface area contributed by atoms with Crippen molar-refractivity contribution < 1.29 is 27.9 Å². The predicted octanol–water partition coefficient (Wildman–Crippen LogP) is 5.04. The third kappa shape index (κ3) is 4.11. The van der Waals surface area contributed by atoms with Crippen molar-refractivity contribution in [3.8, 4) is 0 Å². The van der Waals surface area contributed by atoms with Gasteiger partial charge in [-0.25, -0.2) is 4.79 Å². The van der Waals surface area contributed by atoms with Crippen LogP contribution in [0.3, 0.4) is 0 Å². The zero-order valence-corrected chi connectivity index (χ0v) is 16.0. The van der Waals surface area contributed by atoms with Gasteiger partial charge in [-0.1, -0.05) is 58.4 Å². The van der Waals surface area contributed by atoms with Crippen molar-refractivity contribution >= 4 is 33.5 Å². The molecule has 3 rings (SSSR count). The molecule has 1 unspecified atom stereocenters. The van der Waals surface area contributed by atoms with E-state index in [9.17, 15) is 22.8 Å². The summed E-state index contributed by atoms with van der Waals surface area (Å²) < 4.78 is 39.4. The van der Waals surface area contributed by atoms with Crippen LogP contribution in [0.4, 0.5) is 18.9 Å². The fraction of sp³-hybridized carbons (Fsp3) is 0.200. The molecule has 2 aromatic carbocycles. The SMILES string of the molecule is O=C(O)/C(=C/CC1C(=O)N(Cc2ccccc2)c2cc(Br)ccc21)C(F)(F)F. The van der Waals surface area contributed by atoms with Crippen LogP contribution in [-0.2, 0) is 16.1 Å². The Kier molecular flexibility index (Phi) is 5.60. The fourth-order valence-corrected chi connectivity index (χ4v) is 3.55. The molecule has 1 heterocycles. The maximum absolute atomic E-state index is 13.0. The highest BCUT2D eigenvalue weighted by molar-refractivity contribution is 9.10. The average molecular weight is 454 g/mol. The molecule has 0 spiro atoms. The van der Waals surface area contributed by atoms with Gasteiger partial charge in [-0.2, -0.15) is 13.2 Å². The van der Waals surface area contributed by atoms with Crippen LogP contribution < -0.4 is 4.90 Å². The van der Waals surface area contributed by atoms with Crippen LogP contribution in [0.2, 0.25) is 0 Å². The number of carboxylic acids is 1. The first kappa shape index (κ1) is 20.1. The molecule has 1 N–H and O–H groups in total. The molecule has 0 radical (unpaired) electrons. The molecule has 146 valence electrons. The molecule has 1 atom stereocenters. The van der Waals surface area contributed by atoms with Crippen molar-refractivity contribution in [1.82, 2.24) is 0 Å². The van der Waals surface area contributed by atoms with Gasteiger partial charge in [0.25, 0.3) is 0 Å². The van der Waals surface area contributed by atoms with Crippen molar-refractivity contribution in [3.63, 3.8) is 0 Å². The summed E-state index contributed by atoms with van der Waals surface area (Å²) in [7, 11) is 0. The maximum atomic E-state index is 13.0. The van der Waals surface area contributed by atoms with Crippen molar-refractivity contribution in [2.75, 3.05) is 4.90 Å². The molecule has 1 amide bonds. The van der Waals surface area contributed by atoms with Gasteiger partial charge in [-0.05, 0) is 29.7 Å². The van der Waals surface area contributed by atoms with E-state index in [0.717, 1.165) is 10.0 Å². The van der Waals surface area contributed by atoms with E-state index < -0.39 is 23.6 Å².